The van der Waals surface area contributed by atoms with Gasteiger partial charge in [-0.2, -0.15) is 0 Å². The third-order valence-electron chi connectivity index (χ3n) is 18.4. The summed E-state index contributed by atoms with van der Waals surface area (Å²) in [6.45, 7) is 0. The summed E-state index contributed by atoms with van der Waals surface area (Å²) in [7, 11) is 0. The average Bonchev–Trinajstić information content (AvgIpc) is 0.873. The van der Waals surface area contributed by atoms with Gasteiger partial charge in [0.1, 0.15) is 0 Å². The van der Waals surface area contributed by atoms with Crippen molar-refractivity contribution in [1.29, 1.82) is 0 Å². The van der Waals surface area contributed by atoms with Crippen molar-refractivity contribution in [2.75, 3.05) is 0 Å². The fourth-order valence-corrected chi connectivity index (χ4v) is 14.2. The third-order valence-corrected chi connectivity index (χ3v) is 18.4. The van der Waals surface area contributed by atoms with E-state index in [4.69, 9.17) is 0 Å². The zero-order valence-corrected chi connectivity index (χ0v) is 48.3. The number of benzene rings is 18. The van der Waals surface area contributed by atoms with Crippen LogP contribution < -0.4 is 0 Å². The fourth-order valence-electron chi connectivity index (χ4n) is 14.2. The lowest BCUT2D eigenvalue weighted by Gasteiger charge is -2.20. The molecule has 0 nitrogen and oxygen atoms in total. The SMILES string of the molecule is c1ccc2cc(-c3ccc(-c4c5ccccc5c(-c5ccc6ccccc6c5)c5c4ccc4ccccc45)cc3)ccc2c1.c1ccc2cc(-c3ccc(-c4c5ccccc5c(-c5ccc6ccccc6c5)c5ccc6ccccc6c45)cc3)ccc2c1. The Balaban J connectivity index is 0.000000137. The van der Waals surface area contributed by atoms with E-state index in [0.29, 0.717) is 0 Å². The molecule has 18 aromatic carbocycles. The van der Waals surface area contributed by atoms with Gasteiger partial charge in [-0.05, 0) is 199 Å². The minimum atomic E-state index is 1.23. The van der Waals surface area contributed by atoms with Crippen LogP contribution in [-0.2, 0) is 0 Å². The lowest BCUT2D eigenvalue weighted by molar-refractivity contribution is 1.63. The molecule has 0 atom stereocenters. The van der Waals surface area contributed by atoms with Gasteiger partial charge in [0.2, 0.25) is 0 Å². The van der Waals surface area contributed by atoms with Crippen LogP contribution >= 0.6 is 0 Å². The van der Waals surface area contributed by atoms with Gasteiger partial charge in [-0.3, -0.25) is 0 Å². The van der Waals surface area contributed by atoms with Crippen LogP contribution in [0.3, 0.4) is 0 Å². The first-order valence-corrected chi connectivity index (χ1v) is 30.5. The summed E-state index contributed by atoms with van der Waals surface area (Å²) in [5.41, 5.74) is 15.1. The second kappa shape index (κ2) is 21.3. The van der Waals surface area contributed by atoms with Crippen molar-refractivity contribution in [2.24, 2.45) is 0 Å². The molecule has 0 aliphatic rings. The summed E-state index contributed by atoms with van der Waals surface area (Å²) >= 11 is 0. The second-order valence-corrected chi connectivity index (χ2v) is 23.4. The maximum absolute atomic E-state index is 2.36. The van der Waals surface area contributed by atoms with E-state index in [2.05, 4.69) is 340 Å². The molecular formula is C88H56. The predicted molar refractivity (Wildman–Crippen MR) is 381 cm³/mol. The summed E-state index contributed by atoms with van der Waals surface area (Å²) < 4.78 is 0. The Morgan fingerprint density at radius 1 is 0.114 bits per heavy atom. The van der Waals surface area contributed by atoms with Crippen molar-refractivity contribution in [3.63, 3.8) is 0 Å². The minimum absolute atomic E-state index is 1.23. The monoisotopic (exact) mass is 1110 g/mol. The smallest absolute Gasteiger partial charge is 0.00141 e. The molecule has 0 bridgehead atoms. The standard InChI is InChI=1S/2C44H28/c1-3-12-34-27-36(23-19-29(34)9-1)31-17-21-33(22-18-31)43-40-16-8-7-15-39(40)42(37-24-20-30-10-2-4-13-35(30)28-37)41-26-25-32-11-5-6-14-38(32)44(41)43;1-3-12-34-27-36(23-19-29(34)9-1)31-17-21-33(22-18-31)42-39-15-7-8-16-40(39)43(37-24-20-30-10-2-4-13-35(30)28-37)44-38-14-6-5-11-32(38)25-26-41(42)44/h2*1-28H. The third kappa shape index (κ3) is 8.76. The van der Waals surface area contributed by atoms with Crippen molar-refractivity contribution in [3.8, 4) is 66.8 Å². The highest BCUT2D eigenvalue weighted by Crippen LogP contribution is 2.49. The first-order chi connectivity index (χ1) is 43.6. The van der Waals surface area contributed by atoms with E-state index in [9.17, 15) is 0 Å². The van der Waals surface area contributed by atoms with E-state index in [-0.39, 0.29) is 0 Å². The van der Waals surface area contributed by atoms with E-state index in [1.165, 1.54) is 174 Å². The van der Waals surface area contributed by atoms with Gasteiger partial charge in [-0.25, -0.2) is 0 Å². The highest BCUT2D eigenvalue weighted by Gasteiger charge is 2.21. The Labute approximate surface area is 511 Å². The van der Waals surface area contributed by atoms with Crippen molar-refractivity contribution in [1.82, 2.24) is 0 Å². The molecule has 0 fully saturated rings. The molecule has 0 spiro atoms. The normalized spacial score (nSPS) is 11.6. The van der Waals surface area contributed by atoms with Gasteiger partial charge in [0.05, 0.1) is 0 Å². The van der Waals surface area contributed by atoms with Crippen LogP contribution in [0.25, 0.3) is 174 Å². The number of rotatable bonds is 6. The Bertz CT molecular complexity index is 5790. The summed E-state index contributed by atoms with van der Waals surface area (Å²) in [5, 5.41) is 25.5. The quantitative estimate of drug-likeness (QED) is 0.115. The van der Waals surface area contributed by atoms with Crippen LogP contribution in [0, 0.1) is 0 Å². The molecule has 0 heteroatoms. The van der Waals surface area contributed by atoms with Gasteiger partial charge in [0, 0.05) is 0 Å². The Morgan fingerprint density at radius 3 is 0.727 bits per heavy atom. The van der Waals surface area contributed by atoms with E-state index in [1.54, 1.807) is 0 Å². The first kappa shape index (κ1) is 51.0. The average molecular weight is 1110 g/mol. The maximum Gasteiger partial charge on any atom is -0.00141 e. The van der Waals surface area contributed by atoms with Crippen LogP contribution in [0.2, 0.25) is 0 Å². The van der Waals surface area contributed by atoms with Crippen molar-refractivity contribution < 1.29 is 0 Å². The molecule has 88 heavy (non-hydrogen) atoms. The second-order valence-electron chi connectivity index (χ2n) is 23.4. The van der Waals surface area contributed by atoms with Gasteiger partial charge in [-0.1, -0.05) is 315 Å². The largest absolute Gasteiger partial charge is 0.0616 e. The zero-order chi connectivity index (χ0) is 58.1. The van der Waals surface area contributed by atoms with Crippen molar-refractivity contribution in [3.05, 3.63) is 340 Å². The number of hydrogen-bond acceptors (Lipinski definition) is 0. The summed E-state index contributed by atoms with van der Waals surface area (Å²) in [6.07, 6.45) is 0. The van der Waals surface area contributed by atoms with Gasteiger partial charge < -0.3 is 0 Å². The van der Waals surface area contributed by atoms with Gasteiger partial charge in [0.25, 0.3) is 0 Å². The van der Waals surface area contributed by atoms with Gasteiger partial charge >= 0.3 is 0 Å². The predicted octanol–water partition coefficient (Wildman–Crippen LogP) is 24.9. The van der Waals surface area contributed by atoms with Gasteiger partial charge in [0.15, 0.2) is 0 Å². The van der Waals surface area contributed by atoms with Crippen molar-refractivity contribution in [2.45, 2.75) is 0 Å². The van der Waals surface area contributed by atoms with Crippen molar-refractivity contribution >= 4 is 108 Å². The lowest BCUT2D eigenvalue weighted by atomic mass is 9.83. The Morgan fingerprint density at radius 2 is 0.341 bits per heavy atom. The Kier molecular flexibility index (Phi) is 12.3. The highest BCUT2D eigenvalue weighted by molar-refractivity contribution is 6.30. The molecule has 0 heterocycles. The zero-order valence-electron chi connectivity index (χ0n) is 48.3. The molecule has 0 N–H and O–H groups in total. The highest BCUT2D eigenvalue weighted by atomic mass is 14.2. The van der Waals surface area contributed by atoms with E-state index in [0.717, 1.165) is 0 Å². The summed E-state index contributed by atoms with van der Waals surface area (Å²) in [6, 6.07) is 125. The Hall–Kier alpha value is -11.4. The molecule has 0 amide bonds. The van der Waals surface area contributed by atoms with Crippen LogP contribution in [-0.4, -0.2) is 0 Å². The molecule has 0 saturated heterocycles. The van der Waals surface area contributed by atoms with E-state index >= 15 is 0 Å². The number of hydrogen-bond donors (Lipinski definition) is 0. The van der Waals surface area contributed by atoms with Crippen LogP contribution in [0.1, 0.15) is 0 Å². The molecule has 0 aliphatic heterocycles. The first-order valence-electron chi connectivity index (χ1n) is 30.5. The molecule has 0 unspecified atom stereocenters. The summed E-state index contributed by atoms with van der Waals surface area (Å²) in [4.78, 5) is 0. The molecule has 408 valence electrons. The van der Waals surface area contributed by atoms with Gasteiger partial charge in [-0.15, -0.1) is 0 Å². The topological polar surface area (TPSA) is 0 Å². The molecule has 18 aromatic rings. The molecule has 0 radical (unpaired) electrons. The fraction of sp³-hybridized carbons (Fsp3) is 0. The number of fused-ring (bicyclic) bond motifs is 12. The minimum Gasteiger partial charge on any atom is -0.0616 e. The molecule has 0 aromatic heterocycles. The van der Waals surface area contributed by atoms with E-state index in [1.807, 2.05) is 0 Å². The van der Waals surface area contributed by atoms with Crippen LogP contribution in [0.15, 0.2) is 340 Å². The molecular weight excluding hydrogens is 1060 g/mol. The van der Waals surface area contributed by atoms with E-state index < -0.39 is 0 Å². The maximum atomic E-state index is 2.36. The van der Waals surface area contributed by atoms with Crippen LogP contribution in [0.4, 0.5) is 0 Å². The summed E-state index contributed by atoms with van der Waals surface area (Å²) in [5.74, 6) is 0. The molecule has 0 saturated carbocycles. The van der Waals surface area contributed by atoms with Crippen LogP contribution in [0.5, 0.6) is 0 Å². The molecule has 0 aliphatic carbocycles. The molecule has 18 rings (SSSR count). The lowest BCUT2D eigenvalue weighted by Crippen LogP contribution is -1.92.